The van der Waals surface area contributed by atoms with Crippen LogP contribution in [0.5, 0.6) is 0 Å². The third kappa shape index (κ3) is 18.9. The molecule has 0 heterocycles. The van der Waals surface area contributed by atoms with E-state index in [9.17, 15) is 9.59 Å². The van der Waals surface area contributed by atoms with E-state index < -0.39 is 39.2 Å². The Bertz CT molecular complexity index is 2690. The van der Waals surface area contributed by atoms with Crippen LogP contribution in [0.4, 0.5) is 0 Å². The number of carboxylic acid groups (broad SMARTS) is 1. The molecule has 6 rings (SSSR count). The number of aliphatic carboxylic acids is 1. The highest BCUT2D eigenvalue weighted by Gasteiger charge is 2.50. The summed E-state index contributed by atoms with van der Waals surface area (Å²) >= 11 is 0. The molecule has 0 aromatic carbocycles. The van der Waals surface area contributed by atoms with Gasteiger partial charge in [0.25, 0.3) is 0 Å². The van der Waals surface area contributed by atoms with E-state index in [4.69, 9.17) is 37.0 Å². The highest BCUT2D eigenvalue weighted by Crippen LogP contribution is 2.58. The topological polar surface area (TPSA) is 119 Å². The molecule has 1 unspecified atom stereocenters. The minimum atomic E-state index is -2.01. The summed E-state index contributed by atoms with van der Waals surface area (Å²) in [5.41, 5.74) is 10.4. The molecule has 0 aliphatic heterocycles. The Hall–Kier alpha value is -2.51. The Morgan fingerprint density at radius 2 is 0.910 bits per heavy atom. The maximum absolute atomic E-state index is 12.5. The molecule has 0 saturated heterocycles. The predicted molar refractivity (Wildman–Crippen MR) is 383 cm³/mol. The van der Waals surface area contributed by atoms with E-state index in [-0.39, 0.29) is 92.9 Å². The van der Waals surface area contributed by atoms with Crippen molar-refractivity contribution >= 4 is 45.2 Å². The molecule has 0 radical (unpaired) electrons. The number of carbonyl (C=O) groups excluding carboxylic acids is 1. The van der Waals surface area contributed by atoms with Gasteiger partial charge in [-0.1, -0.05) is 172 Å². The van der Waals surface area contributed by atoms with Crippen LogP contribution in [0.2, 0.25) is 72.5 Å². The first-order valence-electron chi connectivity index (χ1n) is 34.6. The molecule has 0 spiro atoms. The third-order valence-corrected chi connectivity index (χ3v) is 41.7. The number of ether oxygens (including phenoxy) is 3. The second-order valence-electron chi connectivity index (χ2n) is 34.2. The van der Waals surface area contributed by atoms with Crippen molar-refractivity contribution in [2.24, 2.45) is 22.7 Å². The van der Waals surface area contributed by atoms with Crippen LogP contribution in [0.25, 0.3) is 0 Å². The van der Waals surface area contributed by atoms with Gasteiger partial charge in [0, 0.05) is 12.8 Å². The van der Waals surface area contributed by atoms with E-state index in [2.05, 4.69) is 206 Å². The van der Waals surface area contributed by atoms with Crippen LogP contribution >= 0.6 is 0 Å². The minimum Gasteiger partial charge on any atom is -0.480 e. The zero-order valence-corrected chi connectivity index (χ0v) is 65.5. The van der Waals surface area contributed by atoms with Gasteiger partial charge in [0.2, 0.25) is 0 Å². The van der Waals surface area contributed by atoms with Crippen molar-refractivity contribution in [3.8, 4) is 0 Å². The Kier molecular flexibility index (Phi) is 25.7. The van der Waals surface area contributed by atoms with Crippen LogP contribution in [0.15, 0.2) is 94.2 Å². The SMILES string of the molecule is C=C1C(=CC=C2CCC[C@]3(C)C([C@@H](C)OCC(=O)O)=CCC23)C[C@@H](O[Si](C)(C)C(C)(C)C)C[C@@H]1O[Si](C)(C)C(C)(C)C.C=C1C(=CC=C2CCC[C@]3(C)C([C@@H](C)OCC(=O)OC(CC)CC)=CC[C@@H]23)C[C@@H](O[Si](C)(C)C(C)(C)C)C[C@@H]1O[Si](C)(C)C(C)(C)C. The van der Waals surface area contributed by atoms with Crippen LogP contribution in [-0.2, 0) is 41.5 Å². The van der Waals surface area contributed by atoms with Gasteiger partial charge in [-0.15, -0.1) is 0 Å². The molecule has 0 amide bonds. The summed E-state index contributed by atoms with van der Waals surface area (Å²) in [4.78, 5) is 23.6. The van der Waals surface area contributed by atoms with Gasteiger partial charge in [-0.25, -0.2) is 9.59 Å². The summed E-state index contributed by atoms with van der Waals surface area (Å²) in [7, 11) is -7.94. The smallest absolute Gasteiger partial charge is 0.332 e. The molecule has 506 valence electrons. The van der Waals surface area contributed by atoms with E-state index in [1.165, 1.54) is 33.4 Å². The standard InChI is InChI=1S/C40H70O5Si2.C35H60O5Si2/c1-16-32(17-2)43-37(41)27-42-29(4)34-22-23-35-30(19-18-24-40(34,35)11)20-21-31-25-33(44-46(12,13)38(5,6)7)26-36(28(31)3)45-47(14,15)39(8,9)10;1-24-27(17-16-26-15-14-20-35(9)29(18-19-30(26)35)25(2)38-23-32(36)37)21-28(39-41(10,11)33(3,4)5)22-31(24)40-42(12,13)34(6,7)8/h20-22,29,32-33,35-36H,3,16-19,23-27H2,1-2,4-15H3;16-18,25,28,30-31H,1,14-15,19-23H2,2-13H3,(H,36,37)/t29-,33-,35+,36+,40-;25-,28-,30?,31+,35-/m11/s1. The van der Waals surface area contributed by atoms with Crippen LogP contribution in [0, 0.1) is 22.7 Å². The second kappa shape index (κ2) is 29.6. The highest BCUT2D eigenvalue weighted by atomic mass is 28.4. The van der Waals surface area contributed by atoms with Crippen molar-refractivity contribution in [3.63, 3.8) is 0 Å². The molecule has 4 saturated carbocycles. The number of allylic oxidation sites excluding steroid dienone is 8. The summed E-state index contributed by atoms with van der Waals surface area (Å²) < 4.78 is 45.6. The fourth-order valence-corrected chi connectivity index (χ4v) is 19.1. The Labute approximate surface area is 548 Å². The summed E-state index contributed by atoms with van der Waals surface area (Å²) in [6.45, 7) is 68.5. The predicted octanol–water partition coefficient (Wildman–Crippen LogP) is 20.8. The van der Waals surface area contributed by atoms with Gasteiger partial charge in [0.1, 0.15) is 19.3 Å². The molecule has 0 aromatic heterocycles. The Balaban J connectivity index is 0.000000326. The van der Waals surface area contributed by atoms with Crippen molar-refractivity contribution in [1.82, 2.24) is 0 Å². The van der Waals surface area contributed by atoms with Crippen molar-refractivity contribution < 1.29 is 46.6 Å². The number of fused-ring (bicyclic) bond motifs is 2. The van der Waals surface area contributed by atoms with Gasteiger partial charge < -0.3 is 37.0 Å². The minimum absolute atomic E-state index is 0.00286. The number of carbonyl (C=O) groups is 2. The monoisotopic (exact) mass is 1300 g/mol. The quantitative estimate of drug-likeness (QED) is 0.0676. The molecule has 6 aliphatic rings. The van der Waals surface area contributed by atoms with E-state index in [0.29, 0.717) is 11.8 Å². The number of esters is 1. The van der Waals surface area contributed by atoms with Crippen LogP contribution in [-0.4, -0.2) is 106 Å². The van der Waals surface area contributed by atoms with Gasteiger partial charge in [0.05, 0.1) is 36.6 Å². The van der Waals surface area contributed by atoms with Gasteiger partial charge in [-0.05, 0) is 220 Å². The molecule has 1 N–H and O–H groups in total. The number of carboxylic acids is 1. The molecule has 0 bridgehead atoms. The van der Waals surface area contributed by atoms with Crippen molar-refractivity contribution in [1.29, 1.82) is 0 Å². The molecule has 0 aromatic rings. The fraction of sp³-hybridized carbons (Fsp3) is 0.760. The van der Waals surface area contributed by atoms with E-state index in [1.807, 2.05) is 20.8 Å². The zero-order chi connectivity index (χ0) is 67.5. The Morgan fingerprint density at radius 3 is 1.24 bits per heavy atom. The second-order valence-corrected chi connectivity index (χ2v) is 53.2. The summed E-state index contributed by atoms with van der Waals surface area (Å²) in [6.07, 6.45) is 28.0. The molecule has 14 heteroatoms. The zero-order valence-electron chi connectivity index (χ0n) is 61.5. The van der Waals surface area contributed by atoms with Crippen molar-refractivity contribution in [3.05, 3.63) is 94.2 Å². The van der Waals surface area contributed by atoms with E-state index in [1.54, 1.807) is 0 Å². The molecule has 4 fully saturated rings. The summed E-state index contributed by atoms with van der Waals surface area (Å²) in [6, 6.07) is 0. The number of rotatable bonds is 21. The molecule has 10 atom stereocenters. The van der Waals surface area contributed by atoms with Crippen molar-refractivity contribution in [2.75, 3.05) is 13.2 Å². The van der Waals surface area contributed by atoms with E-state index >= 15 is 0 Å². The summed E-state index contributed by atoms with van der Waals surface area (Å²) in [5, 5.41) is 9.66. The molecular weight excluding hydrogens is 1170 g/mol. The van der Waals surface area contributed by atoms with Crippen molar-refractivity contribution in [2.45, 2.75) is 330 Å². The van der Waals surface area contributed by atoms with Crippen LogP contribution in [0.1, 0.15) is 215 Å². The van der Waals surface area contributed by atoms with Gasteiger partial charge in [0.15, 0.2) is 33.3 Å². The third-order valence-electron chi connectivity index (χ3n) is 23.7. The van der Waals surface area contributed by atoms with Gasteiger partial charge in [-0.3, -0.25) is 0 Å². The normalized spacial score (nSPS) is 29.4. The Morgan fingerprint density at radius 1 is 0.573 bits per heavy atom. The summed E-state index contributed by atoms with van der Waals surface area (Å²) in [5.74, 6) is -0.316. The van der Waals surface area contributed by atoms with Crippen LogP contribution < -0.4 is 0 Å². The number of hydrogen-bond donors (Lipinski definition) is 1. The number of hydrogen-bond acceptors (Lipinski definition) is 9. The average Bonchev–Trinajstić information content (AvgIpc) is 1.70. The lowest BCUT2D eigenvalue weighted by Crippen LogP contribution is -2.49. The lowest BCUT2D eigenvalue weighted by molar-refractivity contribution is -0.156. The van der Waals surface area contributed by atoms with Gasteiger partial charge in [-0.2, -0.15) is 0 Å². The highest BCUT2D eigenvalue weighted by molar-refractivity contribution is 6.75. The fourth-order valence-electron chi connectivity index (χ4n) is 13.7. The molecule has 6 aliphatic carbocycles. The van der Waals surface area contributed by atoms with Gasteiger partial charge >= 0.3 is 11.9 Å². The lowest BCUT2D eigenvalue weighted by Gasteiger charge is -2.45. The first-order valence-corrected chi connectivity index (χ1v) is 46.2. The molecule has 10 nitrogen and oxygen atoms in total. The maximum atomic E-state index is 12.5. The average molecular weight is 1300 g/mol. The molecule has 89 heavy (non-hydrogen) atoms. The van der Waals surface area contributed by atoms with Crippen LogP contribution in [0.3, 0.4) is 0 Å². The largest absolute Gasteiger partial charge is 0.480 e. The van der Waals surface area contributed by atoms with E-state index in [0.717, 1.165) is 101 Å². The maximum Gasteiger partial charge on any atom is 0.332 e. The first kappa shape index (κ1) is 77.2. The lowest BCUT2D eigenvalue weighted by atomic mass is 9.63. The molecular formula is C75H130O10Si4. The first-order chi connectivity index (χ1) is 40.6.